The van der Waals surface area contributed by atoms with Crippen LogP contribution < -0.4 is 20.9 Å². The van der Waals surface area contributed by atoms with Crippen molar-refractivity contribution in [2.24, 2.45) is 0 Å². The zero-order chi connectivity index (χ0) is 15.4. The topological polar surface area (TPSA) is 75.3 Å². The molecular formula is C16H18N4O2. The van der Waals surface area contributed by atoms with Crippen LogP contribution in [0.3, 0.4) is 0 Å². The van der Waals surface area contributed by atoms with Crippen LogP contribution in [0.2, 0.25) is 0 Å². The van der Waals surface area contributed by atoms with Crippen LogP contribution in [0.4, 0.5) is 0 Å². The highest BCUT2D eigenvalue weighted by Crippen LogP contribution is 2.29. The third-order valence-corrected chi connectivity index (χ3v) is 3.62. The van der Waals surface area contributed by atoms with Crippen molar-refractivity contribution in [3.8, 4) is 5.75 Å². The van der Waals surface area contributed by atoms with Crippen LogP contribution in [0, 0.1) is 0 Å². The van der Waals surface area contributed by atoms with Gasteiger partial charge in [0, 0.05) is 18.2 Å². The Bertz CT molecular complexity index is 648. The lowest BCUT2D eigenvalue weighted by atomic mass is 10.0. The Morgan fingerprint density at radius 2 is 2.05 bits per heavy atom. The molecule has 1 fully saturated rings. The molecule has 0 bridgehead atoms. The highest BCUT2D eigenvalue weighted by atomic mass is 16.5. The fourth-order valence-corrected chi connectivity index (χ4v) is 2.54. The molecule has 2 atom stereocenters. The first kappa shape index (κ1) is 14.5. The van der Waals surface area contributed by atoms with E-state index in [2.05, 4.69) is 21.2 Å². The Morgan fingerprint density at radius 3 is 2.82 bits per heavy atom. The molecule has 6 nitrogen and oxygen atoms in total. The molecule has 1 aliphatic heterocycles. The van der Waals surface area contributed by atoms with E-state index in [-0.39, 0.29) is 18.1 Å². The van der Waals surface area contributed by atoms with Crippen LogP contribution in [0.5, 0.6) is 5.75 Å². The molecule has 1 amide bonds. The van der Waals surface area contributed by atoms with Crippen LogP contribution in [-0.4, -0.2) is 24.2 Å². The number of nitrogens with zero attached hydrogens (tertiary/aromatic N) is 1. The van der Waals surface area contributed by atoms with E-state index in [4.69, 9.17) is 4.74 Å². The molecule has 0 spiro atoms. The van der Waals surface area contributed by atoms with Crippen molar-refractivity contribution < 1.29 is 9.53 Å². The number of ether oxygens (including phenoxy) is 1. The van der Waals surface area contributed by atoms with Crippen LogP contribution in [0.1, 0.15) is 28.5 Å². The number of nitrogens with one attached hydrogen (secondary N) is 3. The number of carbonyl (C=O) groups excluding carboxylic acids is 1. The Hall–Kier alpha value is -2.44. The number of hydrogen-bond acceptors (Lipinski definition) is 5. The summed E-state index contributed by atoms with van der Waals surface area (Å²) in [5.74, 6) is 0.638. The van der Waals surface area contributed by atoms with Crippen molar-refractivity contribution in [2.45, 2.75) is 18.6 Å². The molecule has 0 saturated carbocycles. The summed E-state index contributed by atoms with van der Waals surface area (Å²) in [4.78, 5) is 16.1. The zero-order valence-electron chi connectivity index (χ0n) is 12.2. The Morgan fingerprint density at radius 1 is 1.23 bits per heavy atom. The van der Waals surface area contributed by atoms with Gasteiger partial charge in [0.25, 0.3) is 5.91 Å². The average molecular weight is 298 g/mol. The molecule has 22 heavy (non-hydrogen) atoms. The predicted molar refractivity (Wildman–Crippen MR) is 82.1 cm³/mol. The van der Waals surface area contributed by atoms with Crippen LogP contribution in [-0.2, 0) is 0 Å². The summed E-state index contributed by atoms with van der Waals surface area (Å²) in [6, 6.07) is 13.2. The summed E-state index contributed by atoms with van der Waals surface area (Å²) in [7, 11) is 1.65. The molecule has 0 radical (unpaired) electrons. The molecule has 1 aliphatic rings. The normalized spacial score (nSPS) is 20.6. The molecular weight excluding hydrogens is 280 g/mol. The maximum atomic E-state index is 12.1. The summed E-state index contributed by atoms with van der Waals surface area (Å²) >= 11 is 0. The van der Waals surface area contributed by atoms with Gasteiger partial charge >= 0.3 is 0 Å². The monoisotopic (exact) mass is 298 g/mol. The minimum absolute atomic E-state index is 0.0742. The first-order valence-electron chi connectivity index (χ1n) is 7.14. The fourth-order valence-electron chi connectivity index (χ4n) is 2.54. The lowest BCUT2D eigenvalue weighted by molar-refractivity contribution is 0.0927. The van der Waals surface area contributed by atoms with Gasteiger partial charge in [0.15, 0.2) is 0 Å². The summed E-state index contributed by atoms with van der Waals surface area (Å²) in [5, 5.41) is 2.92. The van der Waals surface area contributed by atoms with Crippen LogP contribution in [0.15, 0.2) is 48.7 Å². The van der Waals surface area contributed by atoms with E-state index in [9.17, 15) is 4.79 Å². The smallest absolute Gasteiger partial charge is 0.271 e. The van der Waals surface area contributed by atoms with Crippen LogP contribution in [0.25, 0.3) is 0 Å². The second-order valence-electron chi connectivity index (χ2n) is 5.06. The van der Waals surface area contributed by atoms with E-state index in [1.54, 1.807) is 31.5 Å². The molecule has 2 unspecified atom stereocenters. The molecule has 1 aromatic carbocycles. The summed E-state index contributed by atoms with van der Waals surface area (Å²) < 4.78 is 5.38. The van der Waals surface area contributed by atoms with Gasteiger partial charge in [0.2, 0.25) is 0 Å². The third-order valence-electron chi connectivity index (χ3n) is 3.62. The summed E-state index contributed by atoms with van der Waals surface area (Å²) in [5.41, 5.74) is 7.75. The molecule has 0 aliphatic carbocycles. The van der Waals surface area contributed by atoms with E-state index in [1.165, 1.54) is 0 Å². The largest absolute Gasteiger partial charge is 0.496 e. The molecule has 3 N–H and O–H groups in total. The fraction of sp³-hybridized carbons (Fsp3) is 0.250. The maximum Gasteiger partial charge on any atom is 0.271 e. The Labute approximate surface area is 128 Å². The number of para-hydroxylation sites is 1. The van der Waals surface area contributed by atoms with E-state index in [0.29, 0.717) is 5.69 Å². The van der Waals surface area contributed by atoms with Crippen molar-refractivity contribution in [1.29, 1.82) is 0 Å². The summed E-state index contributed by atoms with van der Waals surface area (Å²) in [6.45, 7) is 0. The number of hydrogen-bond donors (Lipinski definition) is 3. The number of rotatable bonds is 4. The standard InChI is InChI=1S/C16H18N4O2/c1-22-14-8-3-2-6-11(14)13-10-15(20-19-13)18-16(21)12-7-4-5-9-17-12/h2-9,13,15,19-20H,10H2,1H3,(H,18,21). The maximum absolute atomic E-state index is 12.1. The van der Waals surface area contributed by atoms with Crippen molar-refractivity contribution in [1.82, 2.24) is 21.2 Å². The van der Waals surface area contributed by atoms with Gasteiger partial charge in [-0.15, -0.1) is 0 Å². The highest BCUT2D eigenvalue weighted by molar-refractivity contribution is 5.92. The van der Waals surface area contributed by atoms with E-state index < -0.39 is 0 Å². The van der Waals surface area contributed by atoms with Gasteiger partial charge in [-0.3, -0.25) is 9.78 Å². The molecule has 6 heteroatoms. The molecule has 2 heterocycles. The lowest BCUT2D eigenvalue weighted by Gasteiger charge is -2.14. The Kier molecular flexibility index (Phi) is 4.32. The lowest BCUT2D eigenvalue weighted by Crippen LogP contribution is -2.44. The van der Waals surface area contributed by atoms with Crippen molar-refractivity contribution in [3.63, 3.8) is 0 Å². The van der Waals surface area contributed by atoms with E-state index >= 15 is 0 Å². The molecule has 114 valence electrons. The van der Waals surface area contributed by atoms with Crippen LogP contribution >= 0.6 is 0 Å². The van der Waals surface area contributed by atoms with Crippen molar-refractivity contribution >= 4 is 5.91 Å². The van der Waals surface area contributed by atoms with Gasteiger partial charge in [-0.2, -0.15) is 0 Å². The number of methoxy groups -OCH3 is 1. The van der Waals surface area contributed by atoms with E-state index in [1.807, 2.05) is 24.3 Å². The van der Waals surface area contributed by atoms with Crippen molar-refractivity contribution in [3.05, 3.63) is 59.9 Å². The minimum Gasteiger partial charge on any atom is -0.496 e. The average Bonchev–Trinajstić information content (AvgIpc) is 3.04. The Balaban J connectivity index is 1.64. The van der Waals surface area contributed by atoms with Gasteiger partial charge in [0.1, 0.15) is 11.4 Å². The number of aromatic nitrogens is 1. The second kappa shape index (κ2) is 6.55. The summed E-state index contributed by atoms with van der Waals surface area (Å²) in [6.07, 6.45) is 2.16. The molecule has 2 aromatic rings. The molecule has 1 aromatic heterocycles. The molecule has 3 rings (SSSR count). The number of amides is 1. The van der Waals surface area contributed by atoms with Gasteiger partial charge in [-0.05, 0) is 18.2 Å². The zero-order valence-corrected chi connectivity index (χ0v) is 12.2. The first-order chi connectivity index (χ1) is 10.8. The SMILES string of the molecule is COc1ccccc1C1CC(NC(=O)c2ccccn2)NN1. The number of hydrazine groups is 1. The first-order valence-corrected chi connectivity index (χ1v) is 7.14. The van der Waals surface area contributed by atoms with Gasteiger partial charge < -0.3 is 10.1 Å². The number of pyridine rings is 1. The predicted octanol–water partition coefficient (Wildman–Crippen LogP) is 1.39. The number of carbonyl (C=O) groups is 1. The second-order valence-corrected chi connectivity index (χ2v) is 5.06. The number of benzene rings is 1. The van der Waals surface area contributed by atoms with Crippen molar-refractivity contribution in [2.75, 3.05) is 7.11 Å². The minimum atomic E-state index is -0.194. The van der Waals surface area contributed by atoms with E-state index in [0.717, 1.165) is 17.7 Å². The van der Waals surface area contributed by atoms with Gasteiger partial charge in [0.05, 0.1) is 19.3 Å². The van der Waals surface area contributed by atoms with Gasteiger partial charge in [-0.1, -0.05) is 24.3 Å². The highest BCUT2D eigenvalue weighted by Gasteiger charge is 2.28. The quantitative estimate of drug-likeness (QED) is 0.795. The third kappa shape index (κ3) is 3.08. The molecule has 1 saturated heterocycles. The van der Waals surface area contributed by atoms with Gasteiger partial charge in [-0.25, -0.2) is 10.9 Å².